The normalized spacial score (nSPS) is 10.2. The number of hydrogen-bond acceptors (Lipinski definition) is 7. The Morgan fingerprint density at radius 3 is 2.73 bits per heavy atom. The molecule has 0 aliphatic heterocycles. The molecule has 0 bridgehead atoms. The van der Waals surface area contributed by atoms with Crippen LogP contribution in [-0.4, -0.2) is 28.7 Å². The summed E-state index contributed by atoms with van der Waals surface area (Å²) in [5.41, 5.74) is 1.24. The Kier molecular flexibility index (Phi) is 6.35. The molecule has 0 atom stereocenters. The van der Waals surface area contributed by atoms with Gasteiger partial charge in [0, 0.05) is 11.5 Å². The summed E-state index contributed by atoms with van der Waals surface area (Å²) in [6.45, 7) is 1.79. The molecule has 22 heavy (non-hydrogen) atoms. The molecule has 0 fully saturated rings. The quantitative estimate of drug-likeness (QED) is 0.644. The van der Waals surface area contributed by atoms with Gasteiger partial charge in [0.05, 0.1) is 6.61 Å². The first kappa shape index (κ1) is 16.4. The second-order valence-electron chi connectivity index (χ2n) is 4.15. The summed E-state index contributed by atoms with van der Waals surface area (Å²) in [5.74, 6) is -0.175. The van der Waals surface area contributed by atoms with Gasteiger partial charge in [-0.2, -0.15) is 0 Å². The Labute approximate surface area is 136 Å². The molecule has 2 aromatic rings. The van der Waals surface area contributed by atoms with Crippen LogP contribution >= 0.6 is 23.1 Å². The number of nitrogens with one attached hydrogen (secondary N) is 1. The first-order chi connectivity index (χ1) is 10.7. The van der Waals surface area contributed by atoms with E-state index in [4.69, 9.17) is 0 Å². The fourth-order valence-electron chi connectivity index (χ4n) is 1.54. The highest BCUT2D eigenvalue weighted by molar-refractivity contribution is 7.97. The monoisotopic (exact) mass is 337 g/mol. The van der Waals surface area contributed by atoms with Gasteiger partial charge >= 0.3 is 11.9 Å². The van der Waals surface area contributed by atoms with Gasteiger partial charge in [0.15, 0.2) is 0 Å². The summed E-state index contributed by atoms with van der Waals surface area (Å²) in [5, 5.41) is 11.3. The number of anilines is 1. The molecule has 1 aromatic carbocycles. The maximum atomic E-state index is 11.5. The SMILES string of the molecule is CCOC(=O)C(=O)Nc1nnc(CSCc2ccccc2)s1. The standard InChI is InChI=1S/C14H15N3O3S2/c1-2-20-13(19)12(18)15-14-17-16-11(22-14)9-21-8-10-6-4-3-5-7-10/h3-7H,2,8-9H2,1H3,(H,15,17,18). The van der Waals surface area contributed by atoms with Crippen LogP contribution in [0.4, 0.5) is 5.13 Å². The molecule has 0 saturated carbocycles. The van der Waals surface area contributed by atoms with Gasteiger partial charge in [-0.25, -0.2) is 4.79 Å². The van der Waals surface area contributed by atoms with E-state index in [1.165, 1.54) is 16.9 Å². The second-order valence-corrected chi connectivity index (χ2v) is 6.20. The Morgan fingerprint density at radius 1 is 1.23 bits per heavy atom. The molecule has 1 N–H and O–H groups in total. The molecule has 0 spiro atoms. The summed E-state index contributed by atoms with van der Waals surface area (Å²) in [6.07, 6.45) is 0. The number of ether oxygens (including phenoxy) is 1. The number of hydrogen-bond donors (Lipinski definition) is 1. The minimum atomic E-state index is -0.919. The number of nitrogens with zero attached hydrogens (tertiary/aromatic N) is 2. The van der Waals surface area contributed by atoms with Crippen molar-refractivity contribution in [2.24, 2.45) is 0 Å². The van der Waals surface area contributed by atoms with Crippen LogP contribution in [0.15, 0.2) is 30.3 Å². The van der Waals surface area contributed by atoms with Crippen molar-refractivity contribution in [1.82, 2.24) is 10.2 Å². The molecule has 0 aliphatic rings. The zero-order valence-electron chi connectivity index (χ0n) is 11.9. The van der Waals surface area contributed by atoms with Crippen molar-refractivity contribution >= 4 is 40.1 Å². The van der Waals surface area contributed by atoms with Crippen LogP contribution in [0, 0.1) is 0 Å². The van der Waals surface area contributed by atoms with Crippen molar-refractivity contribution < 1.29 is 14.3 Å². The molecule has 116 valence electrons. The molecule has 1 heterocycles. The fourth-order valence-corrected chi connectivity index (χ4v) is 3.32. The molecule has 6 nitrogen and oxygen atoms in total. The smallest absolute Gasteiger partial charge is 0.397 e. The molecular weight excluding hydrogens is 322 g/mol. The van der Waals surface area contributed by atoms with Gasteiger partial charge in [-0.05, 0) is 12.5 Å². The van der Waals surface area contributed by atoms with Crippen molar-refractivity contribution in [2.45, 2.75) is 18.4 Å². The molecule has 0 aliphatic carbocycles. The molecule has 1 amide bonds. The molecule has 0 saturated heterocycles. The third kappa shape index (κ3) is 5.12. The van der Waals surface area contributed by atoms with Crippen LogP contribution in [0.1, 0.15) is 17.5 Å². The third-order valence-corrected chi connectivity index (χ3v) is 4.52. The molecule has 0 unspecified atom stereocenters. The average molecular weight is 337 g/mol. The Hall–Kier alpha value is -1.93. The zero-order valence-corrected chi connectivity index (χ0v) is 13.6. The van der Waals surface area contributed by atoms with Crippen molar-refractivity contribution in [3.63, 3.8) is 0 Å². The van der Waals surface area contributed by atoms with Gasteiger partial charge in [0.2, 0.25) is 5.13 Å². The maximum absolute atomic E-state index is 11.5. The number of benzene rings is 1. The van der Waals surface area contributed by atoms with Crippen molar-refractivity contribution in [3.8, 4) is 0 Å². The lowest BCUT2D eigenvalue weighted by atomic mass is 10.2. The Morgan fingerprint density at radius 2 is 2.00 bits per heavy atom. The van der Waals surface area contributed by atoms with E-state index in [1.807, 2.05) is 18.2 Å². The van der Waals surface area contributed by atoms with Gasteiger partial charge < -0.3 is 4.74 Å². The van der Waals surface area contributed by atoms with Crippen LogP contribution in [0.3, 0.4) is 0 Å². The van der Waals surface area contributed by atoms with E-state index in [9.17, 15) is 9.59 Å². The molecule has 8 heteroatoms. The lowest BCUT2D eigenvalue weighted by Gasteiger charge is -2.00. The number of esters is 1. The van der Waals surface area contributed by atoms with E-state index in [2.05, 4.69) is 32.4 Å². The summed E-state index contributed by atoms with van der Waals surface area (Å²) in [4.78, 5) is 22.7. The number of amides is 1. The fraction of sp³-hybridized carbons (Fsp3) is 0.286. The molecule has 2 rings (SSSR count). The second kappa shape index (κ2) is 8.50. The highest BCUT2D eigenvalue weighted by atomic mass is 32.2. The predicted molar refractivity (Wildman–Crippen MR) is 86.6 cm³/mol. The zero-order chi connectivity index (χ0) is 15.8. The van der Waals surface area contributed by atoms with Crippen LogP contribution in [0.5, 0.6) is 0 Å². The van der Waals surface area contributed by atoms with Crippen LogP contribution in [-0.2, 0) is 25.8 Å². The van der Waals surface area contributed by atoms with Gasteiger partial charge in [-0.1, -0.05) is 41.7 Å². The minimum Gasteiger partial charge on any atom is -0.459 e. The lowest BCUT2D eigenvalue weighted by Crippen LogP contribution is -2.24. The number of rotatable bonds is 6. The van der Waals surface area contributed by atoms with Gasteiger partial charge in [0.1, 0.15) is 5.01 Å². The number of aromatic nitrogens is 2. The summed E-state index contributed by atoms with van der Waals surface area (Å²) in [7, 11) is 0. The van der Waals surface area contributed by atoms with Gasteiger partial charge in [-0.3, -0.25) is 10.1 Å². The summed E-state index contributed by atoms with van der Waals surface area (Å²) in [6, 6.07) is 10.1. The van der Waals surface area contributed by atoms with E-state index in [0.29, 0.717) is 10.9 Å². The maximum Gasteiger partial charge on any atom is 0.397 e. The van der Waals surface area contributed by atoms with E-state index in [-0.39, 0.29) is 6.61 Å². The largest absolute Gasteiger partial charge is 0.459 e. The highest BCUT2D eigenvalue weighted by Crippen LogP contribution is 2.22. The minimum absolute atomic E-state index is 0.156. The predicted octanol–water partition coefficient (Wildman–Crippen LogP) is 2.47. The lowest BCUT2D eigenvalue weighted by molar-refractivity contribution is -0.152. The number of thioether (sulfide) groups is 1. The van der Waals surface area contributed by atoms with Gasteiger partial charge in [-0.15, -0.1) is 22.0 Å². The highest BCUT2D eigenvalue weighted by Gasteiger charge is 2.17. The van der Waals surface area contributed by atoms with E-state index in [0.717, 1.165) is 10.8 Å². The van der Waals surface area contributed by atoms with E-state index in [1.54, 1.807) is 18.7 Å². The van der Waals surface area contributed by atoms with Crippen molar-refractivity contribution in [3.05, 3.63) is 40.9 Å². The van der Waals surface area contributed by atoms with Crippen LogP contribution < -0.4 is 5.32 Å². The molecule has 0 radical (unpaired) electrons. The van der Waals surface area contributed by atoms with Gasteiger partial charge in [0.25, 0.3) is 0 Å². The number of carbonyl (C=O) groups is 2. The first-order valence-corrected chi connectivity index (χ1v) is 8.58. The molecule has 1 aromatic heterocycles. The van der Waals surface area contributed by atoms with Crippen LogP contribution in [0.2, 0.25) is 0 Å². The van der Waals surface area contributed by atoms with Crippen LogP contribution in [0.25, 0.3) is 0 Å². The summed E-state index contributed by atoms with van der Waals surface area (Å²) >= 11 is 2.96. The topological polar surface area (TPSA) is 81.2 Å². The summed E-state index contributed by atoms with van der Waals surface area (Å²) < 4.78 is 4.60. The average Bonchev–Trinajstić information content (AvgIpc) is 2.96. The van der Waals surface area contributed by atoms with E-state index < -0.39 is 11.9 Å². The van der Waals surface area contributed by atoms with E-state index >= 15 is 0 Å². The number of carbonyl (C=O) groups excluding carboxylic acids is 2. The third-order valence-electron chi connectivity index (χ3n) is 2.49. The first-order valence-electron chi connectivity index (χ1n) is 6.61. The molecular formula is C14H15N3O3S2. The Bertz CT molecular complexity index is 631. The van der Waals surface area contributed by atoms with Crippen molar-refractivity contribution in [1.29, 1.82) is 0 Å². The Balaban J connectivity index is 1.79. The van der Waals surface area contributed by atoms with Crippen molar-refractivity contribution in [2.75, 3.05) is 11.9 Å².